The molecule has 0 unspecified atom stereocenters. The van der Waals surface area contributed by atoms with E-state index < -0.39 is 10.0 Å². The molecule has 0 aromatic carbocycles. The van der Waals surface area contributed by atoms with Gasteiger partial charge in [-0.3, -0.25) is 5.10 Å². The number of hydrogen-bond donors (Lipinski definition) is 3. The zero-order valence-electron chi connectivity index (χ0n) is 8.63. The number of aromatic nitrogens is 2. The first-order chi connectivity index (χ1) is 7.57. The predicted octanol–water partition coefficient (Wildman–Crippen LogP) is -0.863. The molecule has 0 spiro atoms. The van der Waals surface area contributed by atoms with Gasteiger partial charge in [-0.2, -0.15) is 9.40 Å². The first-order valence-electron chi connectivity index (χ1n) is 4.99. The topological polar surface area (TPSA) is 112 Å². The van der Waals surface area contributed by atoms with Crippen LogP contribution in [0.2, 0.25) is 0 Å². The maximum atomic E-state index is 12.2. The van der Waals surface area contributed by atoms with Gasteiger partial charge in [-0.05, 0) is 12.8 Å². The van der Waals surface area contributed by atoms with Crippen molar-refractivity contribution in [2.75, 3.05) is 18.9 Å². The maximum Gasteiger partial charge on any atom is 0.248 e. The quantitative estimate of drug-likeness (QED) is 0.642. The molecule has 1 aromatic rings. The van der Waals surface area contributed by atoms with Gasteiger partial charge in [0.15, 0.2) is 0 Å². The molecule has 1 atom stereocenters. The van der Waals surface area contributed by atoms with E-state index in [4.69, 9.17) is 10.8 Å². The van der Waals surface area contributed by atoms with Gasteiger partial charge in [-0.15, -0.1) is 0 Å². The molecule has 1 aliphatic heterocycles. The van der Waals surface area contributed by atoms with Crippen molar-refractivity contribution in [3.8, 4) is 0 Å². The number of rotatable bonds is 3. The van der Waals surface area contributed by atoms with Gasteiger partial charge in [0.05, 0.1) is 12.8 Å². The van der Waals surface area contributed by atoms with Gasteiger partial charge in [-0.25, -0.2) is 8.42 Å². The van der Waals surface area contributed by atoms with Gasteiger partial charge in [0, 0.05) is 12.6 Å². The van der Waals surface area contributed by atoms with Crippen LogP contribution in [0.3, 0.4) is 0 Å². The van der Waals surface area contributed by atoms with Crippen LogP contribution in [0.25, 0.3) is 0 Å². The monoisotopic (exact) mass is 246 g/mol. The van der Waals surface area contributed by atoms with Crippen molar-refractivity contribution in [1.82, 2.24) is 14.5 Å². The van der Waals surface area contributed by atoms with Crippen molar-refractivity contribution in [1.29, 1.82) is 0 Å². The normalized spacial score (nSPS) is 22.7. The summed E-state index contributed by atoms with van der Waals surface area (Å²) < 4.78 is 25.6. The molecule has 0 saturated carbocycles. The third-order valence-corrected chi connectivity index (χ3v) is 4.73. The van der Waals surface area contributed by atoms with Gasteiger partial charge in [0.1, 0.15) is 10.7 Å². The Labute approximate surface area is 93.3 Å². The Morgan fingerprint density at radius 3 is 3.00 bits per heavy atom. The van der Waals surface area contributed by atoms with E-state index in [2.05, 4.69) is 10.2 Å². The summed E-state index contributed by atoms with van der Waals surface area (Å²) in [5, 5.41) is 15.1. The van der Waals surface area contributed by atoms with Crippen molar-refractivity contribution in [2.45, 2.75) is 23.8 Å². The number of H-pyrrole nitrogens is 1. The van der Waals surface area contributed by atoms with Gasteiger partial charge in [0.25, 0.3) is 0 Å². The number of aliphatic hydroxyl groups is 1. The van der Waals surface area contributed by atoms with E-state index in [9.17, 15) is 8.42 Å². The van der Waals surface area contributed by atoms with Crippen molar-refractivity contribution >= 4 is 15.8 Å². The van der Waals surface area contributed by atoms with Crippen molar-refractivity contribution in [2.24, 2.45) is 0 Å². The number of nitrogens with one attached hydrogen (secondary N) is 1. The Morgan fingerprint density at radius 2 is 2.44 bits per heavy atom. The van der Waals surface area contributed by atoms with Crippen LogP contribution < -0.4 is 5.73 Å². The minimum atomic E-state index is -3.63. The summed E-state index contributed by atoms with van der Waals surface area (Å²) in [5.41, 5.74) is 5.49. The second-order valence-electron chi connectivity index (χ2n) is 3.74. The lowest BCUT2D eigenvalue weighted by molar-refractivity contribution is 0.213. The van der Waals surface area contributed by atoms with Crippen molar-refractivity contribution in [3.05, 3.63) is 6.20 Å². The fourth-order valence-electron chi connectivity index (χ4n) is 1.93. The molecule has 2 heterocycles. The number of aliphatic hydroxyl groups excluding tert-OH is 1. The highest BCUT2D eigenvalue weighted by molar-refractivity contribution is 7.89. The summed E-state index contributed by atoms with van der Waals surface area (Å²) in [6, 6.07) is -0.348. The predicted molar refractivity (Wildman–Crippen MR) is 57.0 cm³/mol. The largest absolute Gasteiger partial charge is 0.395 e. The first-order valence-corrected chi connectivity index (χ1v) is 6.43. The molecule has 1 aromatic heterocycles. The number of hydrogen-bond acceptors (Lipinski definition) is 5. The highest BCUT2D eigenvalue weighted by Gasteiger charge is 2.36. The first kappa shape index (κ1) is 11.4. The minimum absolute atomic E-state index is 0.0205. The minimum Gasteiger partial charge on any atom is -0.395 e. The van der Waals surface area contributed by atoms with Crippen molar-refractivity contribution in [3.63, 3.8) is 0 Å². The number of sulfonamides is 1. The molecule has 0 aliphatic carbocycles. The average molecular weight is 246 g/mol. The zero-order valence-corrected chi connectivity index (χ0v) is 9.44. The molecular weight excluding hydrogens is 232 g/mol. The molecule has 1 aliphatic rings. The van der Waals surface area contributed by atoms with Gasteiger partial charge >= 0.3 is 0 Å². The Balaban J connectivity index is 2.36. The lowest BCUT2D eigenvalue weighted by Gasteiger charge is -2.21. The standard InChI is InChI=1S/C8H14N4O3S/c9-8-7(4-10-11-8)16(14,15)12-3-1-2-6(12)5-13/h4,6,13H,1-3,5H2,(H3,9,10,11)/t6-/m0/s1. The summed E-state index contributed by atoms with van der Waals surface area (Å²) in [6.45, 7) is 0.245. The summed E-state index contributed by atoms with van der Waals surface area (Å²) in [4.78, 5) is -0.0205. The third kappa shape index (κ3) is 1.68. The van der Waals surface area contributed by atoms with Crippen LogP contribution in [0.4, 0.5) is 5.82 Å². The molecular formula is C8H14N4O3S. The van der Waals surface area contributed by atoms with E-state index in [0.29, 0.717) is 13.0 Å². The van der Waals surface area contributed by atoms with E-state index in [1.807, 2.05) is 0 Å². The molecule has 90 valence electrons. The van der Waals surface area contributed by atoms with E-state index in [1.54, 1.807) is 0 Å². The third-order valence-electron chi connectivity index (χ3n) is 2.75. The van der Waals surface area contributed by atoms with E-state index in [0.717, 1.165) is 6.42 Å². The Hall–Kier alpha value is -1.12. The molecule has 4 N–H and O–H groups in total. The smallest absolute Gasteiger partial charge is 0.248 e. The number of anilines is 1. The summed E-state index contributed by atoms with van der Waals surface area (Å²) in [5.74, 6) is 0.0311. The number of nitrogen functional groups attached to an aromatic ring is 1. The molecule has 0 bridgehead atoms. The van der Waals surface area contributed by atoms with Crippen LogP contribution in [0.15, 0.2) is 11.1 Å². The number of nitrogens with two attached hydrogens (primary N) is 1. The summed E-state index contributed by atoms with van der Waals surface area (Å²) >= 11 is 0. The van der Waals surface area contributed by atoms with Crippen LogP contribution in [0.1, 0.15) is 12.8 Å². The molecule has 0 radical (unpaired) electrons. The lowest BCUT2D eigenvalue weighted by atomic mass is 10.2. The second kappa shape index (κ2) is 4.04. The summed E-state index contributed by atoms with van der Waals surface area (Å²) in [6.07, 6.45) is 2.62. The fourth-order valence-corrected chi connectivity index (χ4v) is 3.62. The Morgan fingerprint density at radius 1 is 1.69 bits per heavy atom. The van der Waals surface area contributed by atoms with Gasteiger partial charge in [0.2, 0.25) is 10.0 Å². The van der Waals surface area contributed by atoms with Gasteiger partial charge in [-0.1, -0.05) is 0 Å². The van der Waals surface area contributed by atoms with Crippen molar-refractivity contribution < 1.29 is 13.5 Å². The molecule has 16 heavy (non-hydrogen) atoms. The second-order valence-corrected chi connectivity index (χ2v) is 5.60. The SMILES string of the molecule is Nc1[nH]ncc1S(=O)(=O)N1CCC[C@H]1CO. The molecule has 7 nitrogen and oxygen atoms in total. The highest BCUT2D eigenvalue weighted by Crippen LogP contribution is 2.27. The molecule has 0 amide bonds. The maximum absolute atomic E-state index is 12.2. The van der Waals surface area contributed by atoms with Crippen LogP contribution in [0, 0.1) is 0 Å². The highest BCUT2D eigenvalue weighted by atomic mass is 32.2. The van der Waals surface area contributed by atoms with Crippen LogP contribution in [-0.2, 0) is 10.0 Å². The van der Waals surface area contributed by atoms with Crippen LogP contribution in [0.5, 0.6) is 0 Å². The van der Waals surface area contributed by atoms with Crippen LogP contribution in [-0.4, -0.2) is 47.2 Å². The van der Waals surface area contributed by atoms with E-state index >= 15 is 0 Å². The lowest BCUT2D eigenvalue weighted by Crippen LogP contribution is -2.37. The fraction of sp³-hybridized carbons (Fsp3) is 0.625. The number of nitrogens with zero attached hydrogens (tertiary/aromatic N) is 2. The average Bonchev–Trinajstić information content (AvgIpc) is 2.85. The number of aromatic amines is 1. The molecule has 2 rings (SSSR count). The van der Waals surface area contributed by atoms with Crippen LogP contribution >= 0.6 is 0 Å². The van der Waals surface area contributed by atoms with E-state index in [-0.39, 0.29) is 23.4 Å². The Kier molecular flexibility index (Phi) is 2.87. The molecule has 1 saturated heterocycles. The zero-order chi connectivity index (χ0) is 11.8. The molecule has 1 fully saturated rings. The van der Waals surface area contributed by atoms with E-state index in [1.165, 1.54) is 10.5 Å². The van der Waals surface area contributed by atoms with Gasteiger partial charge < -0.3 is 10.8 Å². The molecule has 8 heteroatoms. The Bertz CT molecular complexity index is 469. The summed E-state index contributed by atoms with van der Waals surface area (Å²) in [7, 11) is -3.63.